The van der Waals surface area contributed by atoms with E-state index in [1.807, 2.05) is 6.92 Å². The van der Waals surface area contributed by atoms with Crippen LogP contribution in [0.25, 0.3) is 0 Å². The van der Waals surface area contributed by atoms with E-state index in [9.17, 15) is 19.2 Å². The molecular weight excluding hydrogens is 524 g/mol. The Balaban J connectivity index is 1.36. The highest BCUT2D eigenvalue weighted by Crippen LogP contribution is 2.42. The van der Waals surface area contributed by atoms with Gasteiger partial charge in [-0.1, -0.05) is 18.5 Å². The fraction of sp³-hybridized carbons (Fsp3) is 0.360. The number of imide groups is 1. The zero-order valence-corrected chi connectivity index (χ0v) is 21.1. The lowest BCUT2D eigenvalue weighted by atomic mass is 9.76. The Kier molecular flexibility index (Phi) is 7.09. The molecule has 1 heterocycles. The van der Waals surface area contributed by atoms with Crippen molar-refractivity contribution in [3.63, 3.8) is 0 Å². The van der Waals surface area contributed by atoms with Crippen molar-refractivity contribution in [2.24, 2.45) is 17.8 Å². The third-order valence-corrected chi connectivity index (χ3v) is 7.62. The van der Waals surface area contributed by atoms with Crippen molar-refractivity contribution >= 4 is 62.6 Å². The van der Waals surface area contributed by atoms with Gasteiger partial charge >= 0.3 is 5.97 Å². The lowest BCUT2D eigenvalue weighted by Crippen LogP contribution is -2.30. The number of fused-ring (bicyclic) bond motifs is 1. The number of carbonyl (C=O) groups excluding carboxylic acids is 4. The number of rotatable bonds is 5. The highest BCUT2D eigenvalue weighted by molar-refractivity contribution is 9.10. The Bertz CT molecular complexity index is 1170. The molecule has 3 atom stereocenters. The Morgan fingerprint density at radius 1 is 1.12 bits per heavy atom. The van der Waals surface area contributed by atoms with Crippen molar-refractivity contribution in [2.45, 2.75) is 33.1 Å². The Hall–Kier alpha value is -2.71. The van der Waals surface area contributed by atoms with E-state index in [-0.39, 0.29) is 29.2 Å². The predicted molar refractivity (Wildman–Crippen MR) is 132 cm³/mol. The number of benzene rings is 2. The maximum Gasteiger partial charge on any atom is 0.338 e. The van der Waals surface area contributed by atoms with Gasteiger partial charge in [0.1, 0.15) is 0 Å². The topological polar surface area (TPSA) is 92.8 Å². The quantitative estimate of drug-likeness (QED) is 0.414. The van der Waals surface area contributed by atoms with Gasteiger partial charge in [-0.05, 0) is 90.0 Å². The summed E-state index contributed by atoms with van der Waals surface area (Å²) in [6.07, 6.45) is 2.40. The van der Waals surface area contributed by atoms with Crippen molar-refractivity contribution in [3.05, 3.63) is 57.0 Å². The van der Waals surface area contributed by atoms with E-state index in [4.69, 9.17) is 16.3 Å². The Morgan fingerprint density at radius 3 is 2.50 bits per heavy atom. The first-order chi connectivity index (χ1) is 16.2. The number of anilines is 2. The number of aryl methyl sites for hydroxylation is 1. The fourth-order valence-electron chi connectivity index (χ4n) is 4.57. The third kappa shape index (κ3) is 4.88. The lowest BCUT2D eigenvalue weighted by molar-refractivity contribution is -0.122. The van der Waals surface area contributed by atoms with Crippen molar-refractivity contribution in [3.8, 4) is 0 Å². The van der Waals surface area contributed by atoms with Crippen LogP contribution in [0, 0.1) is 24.7 Å². The van der Waals surface area contributed by atoms with Gasteiger partial charge in [-0.25, -0.2) is 4.79 Å². The number of amides is 3. The first-order valence-corrected chi connectivity index (χ1v) is 12.2. The van der Waals surface area contributed by atoms with Gasteiger partial charge in [-0.15, -0.1) is 0 Å². The molecule has 0 bridgehead atoms. The number of esters is 1. The number of nitrogens with zero attached hydrogens (tertiary/aromatic N) is 1. The van der Waals surface area contributed by atoms with Crippen LogP contribution in [0.5, 0.6) is 0 Å². The van der Waals surface area contributed by atoms with Crippen molar-refractivity contribution < 1.29 is 23.9 Å². The molecule has 178 valence electrons. The van der Waals surface area contributed by atoms with Crippen LogP contribution in [-0.2, 0) is 19.1 Å². The Morgan fingerprint density at radius 2 is 1.79 bits per heavy atom. The zero-order chi connectivity index (χ0) is 24.6. The maximum absolute atomic E-state index is 12.9. The van der Waals surface area contributed by atoms with E-state index in [0.717, 1.165) is 24.8 Å². The van der Waals surface area contributed by atoms with E-state index in [2.05, 4.69) is 28.2 Å². The maximum atomic E-state index is 12.9. The molecule has 9 heteroatoms. The van der Waals surface area contributed by atoms with Crippen molar-refractivity contribution in [2.75, 3.05) is 16.8 Å². The third-order valence-electron chi connectivity index (χ3n) is 6.42. The number of nitrogens with one attached hydrogen (secondary N) is 1. The largest absolute Gasteiger partial charge is 0.452 e. The summed E-state index contributed by atoms with van der Waals surface area (Å²) in [6, 6.07) is 9.47. The molecule has 2 fully saturated rings. The summed E-state index contributed by atoms with van der Waals surface area (Å²) in [6.45, 7) is 3.44. The van der Waals surface area contributed by atoms with Crippen LogP contribution in [0.15, 0.2) is 40.9 Å². The molecule has 2 aliphatic rings. The molecule has 0 spiro atoms. The standard InChI is InChI=1S/C25H24BrClN2O5/c1-13-3-8-17-18(9-13)24(32)29(23(17)31)16-6-4-15(5-7-16)25(33)34-12-22(30)28-21-11-20(27)19(26)10-14(21)2/h4-7,10-11,13,17-18H,3,8-9,12H2,1-2H3,(H,28,30)/t13-,17+,18-/m0/s1. The lowest BCUT2D eigenvalue weighted by Gasteiger charge is -2.25. The van der Waals surface area contributed by atoms with Crippen molar-refractivity contribution in [1.82, 2.24) is 0 Å². The molecule has 1 aliphatic heterocycles. The summed E-state index contributed by atoms with van der Waals surface area (Å²) >= 11 is 9.39. The number of carbonyl (C=O) groups is 4. The molecule has 1 N–H and O–H groups in total. The second-order valence-corrected chi connectivity index (χ2v) is 10.2. The summed E-state index contributed by atoms with van der Waals surface area (Å²) in [5.74, 6) is -1.61. The van der Waals surface area contributed by atoms with E-state index >= 15 is 0 Å². The minimum absolute atomic E-state index is 0.169. The van der Waals surface area contributed by atoms with Gasteiger partial charge in [0.05, 0.1) is 28.1 Å². The SMILES string of the molecule is Cc1cc(Br)c(Cl)cc1NC(=O)COC(=O)c1ccc(N2C(=O)[C@H]3C[C@@H](C)CC[C@H]3C2=O)cc1. The van der Waals surface area contributed by atoms with Gasteiger partial charge in [-0.3, -0.25) is 19.3 Å². The highest BCUT2D eigenvalue weighted by Gasteiger charge is 2.49. The highest BCUT2D eigenvalue weighted by atomic mass is 79.9. The smallest absolute Gasteiger partial charge is 0.338 e. The molecule has 0 aromatic heterocycles. The van der Waals surface area contributed by atoms with Crippen LogP contribution in [0.3, 0.4) is 0 Å². The summed E-state index contributed by atoms with van der Waals surface area (Å²) in [7, 11) is 0. The average molecular weight is 548 g/mol. The number of ether oxygens (including phenoxy) is 1. The molecule has 2 aromatic carbocycles. The molecular formula is C25H24BrClN2O5. The summed E-state index contributed by atoms with van der Waals surface area (Å²) < 4.78 is 5.82. The molecule has 34 heavy (non-hydrogen) atoms. The zero-order valence-electron chi connectivity index (χ0n) is 18.8. The molecule has 1 aliphatic carbocycles. The van der Waals surface area contributed by atoms with E-state index in [1.54, 1.807) is 24.3 Å². The van der Waals surface area contributed by atoms with Crippen LogP contribution in [0.1, 0.15) is 42.1 Å². The van der Waals surface area contributed by atoms with Crippen LogP contribution in [0.4, 0.5) is 11.4 Å². The second-order valence-electron chi connectivity index (χ2n) is 8.90. The van der Waals surface area contributed by atoms with Crippen LogP contribution < -0.4 is 10.2 Å². The molecule has 0 unspecified atom stereocenters. The monoisotopic (exact) mass is 546 g/mol. The van der Waals surface area contributed by atoms with Gasteiger partial charge < -0.3 is 10.1 Å². The van der Waals surface area contributed by atoms with Gasteiger partial charge in [-0.2, -0.15) is 0 Å². The molecule has 2 aromatic rings. The van der Waals surface area contributed by atoms with E-state index in [1.165, 1.54) is 17.0 Å². The summed E-state index contributed by atoms with van der Waals surface area (Å²) in [4.78, 5) is 51.5. The van der Waals surface area contributed by atoms with Crippen molar-refractivity contribution in [1.29, 1.82) is 0 Å². The van der Waals surface area contributed by atoms with Gasteiger partial charge in [0.2, 0.25) is 11.8 Å². The molecule has 7 nitrogen and oxygen atoms in total. The minimum Gasteiger partial charge on any atom is -0.452 e. The minimum atomic E-state index is -0.686. The summed E-state index contributed by atoms with van der Waals surface area (Å²) in [5, 5.41) is 3.11. The van der Waals surface area contributed by atoms with Gasteiger partial charge in [0, 0.05) is 10.2 Å². The van der Waals surface area contributed by atoms with Gasteiger partial charge in [0.25, 0.3) is 5.91 Å². The molecule has 1 saturated carbocycles. The molecule has 1 saturated heterocycles. The predicted octanol–water partition coefficient (Wildman–Crippen LogP) is 5.13. The van der Waals surface area contributed by atoms with Crippen LogP contribution >= 0.6 is 27.5 Å². The average Bonchev–Trinajstić information content (AvgIpc) is 3.05. The van der Waals surface area contributed by atoms with E-state index < -0.39 is 18.5 Å². The van der Waals surface area contributed by atoms with Gasteiger partial charge in [0.15, 0.2) is 6.61 Å². The molecule has 3 amide bonds. The van der Waals surface area contributed by atoms with Crippen LogP contribution in [-0.4, -0.2) is 30.3 Å². The summed E-state index contributed by atoms with van der Waals surface area (Å²) in [5.41, 5.74) is 1.97. The number of halogens is 2. The molecule has 4 rings (SSSR count). The first kappa shape index (κ1) is 24.4. The first-order valence-electron chi connectivity index (χ1n) is 11.1. The second kappa shape index (κ2) is 9.88. The Labute approximate surface area is 210 Å². The number of hydrogen-bond donors (Lipinski definition) is 1. The molecule has 0 radical (unpaired) electrons. The fourth-order valence-corrected chi connectivity index (χ4v) is 5.19. The normalized spacial score (nSPS) is 21.9. The number of hydrogen-bond acceptors (Lipinski definition) is 5. The van der Waals surface area contributed by atoms with E-state index in [0.29, 0.717) is 26.8 Å². The van der Waals surface area contributed by atoms with Crippen LogP contribution in [0.2, 0.25) is 5.02 Å².